The van der Waals surface area contributed by atoms with E-state index in [0.29, 0.717) is 35.7 Å². The highest BCUT2D eigenvalue weighted by atomic mass is 35.5. The van der Waals surface area contributed by atoms with Crippen LogP contribution in [0.4, 0.5) is 9.59 Å². The van der Waals surface area contributed by atoms with Crippen LogP contribution in [0.15, 0.2) is 24.3 Å². The van der Waals surface area contributed by atoms with Crippen LogP contribution in [0.2, 0.25) is 5.02 Å². The lowest BCUT2D eigenvalue weighted by Gasteiger charge is -2.40. The molecule has 2 aliphatic rings. The zero-order chi connectivity index (χ0) is 31.4. The molecule has 1 heterocycles. The predicted octanol–water partition coefficient (Wildman–Crippen LogP) is 6.55. The molecule has 1 aromatic rings. The number of likely N-dealkylation sites (tertiary alicyclic amines) is 1. The lowest BCUT2D eigenvalue weighted by atomic mass is 9.84. The van der Waals surface area contributed by atoms with Gasteiger partial charge in [0.1, 0.15) is 5.60 Å². The van der Waals surface area contributed by atoms with Crippen molar-refractivity contribution >= 4 is 41.1 Å². The number of nitrogens with zero attached hydrogens (tertiary/aromatic N) is 2. The Labute approximate surface area is 268 Å². The molecule has 3 atom stereocenters. The minimum absolute atomic E-state index is 0.0258. The Morgan fingerprint density at radius 3 is 2.58 bits per heavy atom. The number of halogens is 1. The first-order chi connectivity index (χ1) is 20.4. The van der Waals surface area contributed by atoms with Gasteiger partial charge in [0.25, 0.3) is 0 Å². The van der Waals surface area contributed by atoms with E-state index in [2.05, 4.69) is 20.3 Å². The summed E-state index contributed by atoms with van der Waals surface area (Å²) in [5.41, 5.74) is 0.456. The molecule has 1 saturated heterocycles. The largest absolute Gasteiger partial charge is 0.453 e. The molecule has 0 radical (unpaired) electrons. The molecule has 3 rings (SSSR count). The molecule has 242 valence electrons. The van der Waals surface area contributed by atoms with Gasteiger partial charge in [0.2, 0.25) is 0 Å². The molecule has 1 aliphatic heterocycles. The number of nitrogens with one attached hydrogen (secondary N) is 2. The minimum Gasteiger partial charge on any atom is -0.453 e. The first-order valence-corrected chi connectivity index (χ1v) is 16.4. The van der Waals surface area contributed by atoms with Crippen LogP contribution in [0.1, 0.15) is 83.8 Å². The third kappa shape index (κ3) is 12.3. The molecule has 2 amide bonds. The molecule has 9 nitrogen and oxygen atoms in total. The van der Waals surface area contributed by atoms with Crippen LogP contribution in [-0.4, -0.2) is 85.7 Å². The highest BCUT2D eigenvalue weighted by Gasteiger charge is 2.32. The summed E-state index contributed by atoms with van der Waals surface area (Å²) in [5.74, 6) is 0.792. The first kappa shape index (κ1) is 35.2. The lowest BCUT2D eigenvalue weighted by molar-refractivity contribution is -0.00565. The topological polar surface area (TPSA) is 92.4 Å². The maximum Gasteiger partial charge on any atom is 0.410 e. The molecule has 1 aliphatic carbocycles. The van der Waals surface area contributed by atoms with Gasteiger partial charge in [0, 0.05) is 50.2 Å². The Kier molecular flexibility index (Phi) is 14.1. The monoisotopic (exact) mass is 638 g/mol. The average Bonchev–Trinajstić information content (AvgIpc) is 2.96. The fraction of sp³-hybridized carbons (Fsp3) is 0.719. The van der Waals surface area contributed by atoms with Gasteiger partial charge >= 0.3 is 12.2 Å². The summed E-state index contributed by atoms with van der Waals surface area (Å²) in [4.78, 5) is 28.2. The van der Waals surface area contributed by atoms with E-state index in [1.807, 2.05) is 45.0 Å². The van der Waals surface area contributed by atoms with Crippen molar-refractivity contribution in [1.29, 1.82) is 0 Å². The average molecular weight is 639 g/mol. The summed E-state index contributed by atoms with van der Waals surface area (Å²) < 4.78 is 16.7. The zero-order valence-electron chi connectivity index (χ0n) is 26.5. The summed E-state index contributed by atoms with van der Waals surface area (Å²) in [6.07, 6.45) is 8.16. The molecular weight excluding hydrogens is 588 g/mol. The number of methoxy groups -OCH3 is 1. The molecule has 2 fully saturated rings. The van der Waals surface area contributed by atoms with Crippen LogP contribution < -0.4 is 10.6 Å². The van der Waals surface area contributed by atoms with Gasteiger partial charge in [-0.1, -0.05) is 55.8 Å². The van der Waals surface area contributed by atoms with E-state index in [0.717, 1.165) is 37.9 Å². The second kappa shape index (κ2) is 17.3. The number of rotatable bonds is 11. The summed E-state index contributed by atoms with van der Waals surface area (Å²) in [5, 5.41) is 7.69. The van der Waals surface area contributed by atoms with Crippen molar-refractivity contribution in [1.82, 2.24) is 20.4 Å². The number of benzene rings is 1. The number of thiocarbonyl (C=S) groups is 1. The van der Waals surface area contributed by atoms with Gasteiger partial charge in [-0.2, -0.15) is 0 Å². The summed E-state index contributed by atoms with van der Waals surface area (Å²) in [6, 6.07) is 7.80. The SMILES string of the molecule is COC(=O)NCCO[C@@H](c1cccc(Cl)c1)[C@@H]1CCCN(C(=S)N[C@@H](CC2CCCCC2)CN(C)C(=O)OC(C)(C)C)C1. The summed E-state index contributed by atoms with van der Waals surface area (Å²) in [6.45, 7) is 8.43. The number of carbonyl (C=O) groups is 2. The zero-order valence-corrected chi connectivity index (χ0v) is 28.1. The Hall–Kier alpha value is -2.30. The summed E-state index contributed by atoms with van der Waals surface area (Å²) >= 11 is 12.4. The number of amides is 2. The Morgan fingerprint density at radius 1 is 1.16 bits per heavy atom. The van der Waals surface area contributed by atoms with E-state index in [9.17, 15) is 9.59 Å². The van der Waals surface area contributed by atoms with E-state index >= 15 is 0 Å². The van der Waals surface area contributed by atoms with Gasteiger partial charge in [0.15, 0.2) is 5.11 Å². The van der Waals surface area contributed by atoms with Crippen molar-refractivity contribution in [3.8, 4) is 0 Å². The van der Waals surface area contributed by atoms with Crippen LogP contribution in [0.25, 0.3) is 0 Å². The Morgan fingerprint density at radius 2 is 1.91 bits per heavy atom. The van der Waals surface area contributed by atoms with Crippen molar-refractivity contribution in [2.45, 2.75) is 89.9 Å². The molecule has 11 heteroatoms. The number of hydrogen-bond acceptors (Lipinski definition) is 6. The lowest BCUT2D eigenvalue weighted by Crippen LogP contribution is -2.53. The molecule has 2 N–H and O–H groups in total. The van der Waals surface area contributed by atoms with Gasteiger partial charge in [-0.25, -0.2) is 9.59 Å². The molecule has 43 heavy (non-hydrogen) atoms. The van der Waals surface area contributed by atoms with Crippen molar-refractivity contribution < 1.29 is 23.8 Å². The molecule has 0 unspecified atom stereocenters. The van der Waals surface area contributed by atoms with Crippen molar-refractivity contribution in [2.24, 2.45) is 11.8 Å². The molecule has 0 aromatic heterocycles. The molecule has 1 aromatic carbocycles. The van der Waals surface area contributed by atoms with Crippen LogP contribution in [0, 0.1) is 11.8 Å². The molecule has 0 spiro atoms. The fourth-order valence-electron chi connectivity index (χ4n) is 6.06. The van der Waals surface area contributed by atoms with E-state index in [4.69, 9.17) is 33.3 Å². The Bertz CT molecular complexity index is 1050. The number of carbonyl (C=O) groups excluding carboxylic acids is 2. The molecule has 1 saturated carbocycles. The van der Waals surface area contributed by atoms with Crippen molar-refractivity contribution in [3.05, 3.63) is 34.9 Å². The molecule has 0 bridgehead atoms. The van der Waals surface area contributed by atoms with Gasteiger partial charge in [-0.15, -0.1) is 0 Å². The van der Waals surface area contributed by atoms with Crippen LogP contribution >= 0.6 is 23.8 Å². The highest BCUT2D eigenvalue weighted by Crippen LogP contribution is 2.34. The van der Waals surface area contributed by atoms with E-state index < -0.39 is 11.7 Å². The van der Waals surface area contributed by atoms with Gasteiger partial charge < -0.3 is 34.6 Å². The minimum atomic E-state index is -0.549. The van der Waals surface area contributed by atoms with E-state index in [1.54, 1.807) is 11.9 Å². The summed E-state index contributed by atoms with van der Waals surface area (Å²) in [7, 11) is 3.14. The van der Waals surface area contributed by atoms with Crippen molar-refractivity contribution in [3.63, 3.8) is 0 Å². The normalized spacial score (nSPS) is 19.2. The highest BCUT2D eigenvalue weighted by molar-refractivity contribution is 7.80. The number of likely N-dealkylation sites (N-methyl/N-ethyl adjacent to an activating group) is 1. The van der Waals surface area contributed by atoms with Gasteiger partial charge in [-0.3, -0.25) is 0 Å². The maximum atomic E-state index is 12.8. The number of alkyl carbamates (subject to hydrolysis) is 1. The van der Waals surface area contributed by atoms with Gasteiger partial charge in [-0.05, 0) is 75.9 Å². The standard InChI is InChI=1S/C32H51ClN4O5S/c1-32(2,3)42-31(39)36(4)22-27(19-23-11-7-6-8-12-23)35-29(43)37-17-10-14-25(21-37)28(24-13-9-15-26(33)20-24)41-18-16-34-30(38)40-5/h9,13,15,20,23,25,27-28H,6-8,10-12,14,16-19,21-22H2,1-5H3,(H,34,38)(H,35,43)/t25-,27+,28+/m1/s1. The third-order valence-corrected chi connectivity index (χ3v) is 8.69. The predicted molar refractivity (Wildman–Crippen MR) is 174 cm³/mol. The van der Waals surface area contributed by atoms with Crippen LogP contribution in [0.3, 0.4) is 0 Å². The second-order valence-electron chi connectivity index (χ2n) is 12.9. The van der Waals surface area contributed by atoms with Crippen LogP contribution in [0.5, 0.6) is 0 Å². The van der Waals surface area contributed by atoms with E-state index in [-0.39, 0.29) is 24.2 Å². The molecular formula is C32H51ClN4O5S. The number of ether oxygens (including phenoxy) is 3. The van der Waals surface area contributed by atoms with E-state index in [1.165, 1.54) is 39.2 Å². The quantitative estimate of drug-likeness (QED) is 0.208. The number of hydrogen-bond donors (Lipinski definition) is 2. The first-order valence-electron chi connectivity index (χ1n) is 15.6. The number of piperidine rings is 1. The van der Waals surface area contributed by atoms with Crippen molar-refractivity contribution in [2.75, 3.05) is 46.9 Å². The smallest absolute Gasteiger partial charge is 0.410 e. The van der Waals surface area contributed by atoms with Gasteiger partial charge in [0.05, 0.1) is 19.8 Å². The fourth-order valence-corrected chi connectivity index (χ4v) is 6.59. The third-order valence-electron chi connectivity index (χ3n) is 8.07. The van der Waals surface area contributed by atoms with Crippen LogP contribution in [-0.2, 0) is 14.2 Å². The Balaban J connectivity index is 1.68. The second-order valence-corrected chi connectivity index (χ2v) is 13.7. The maximum absolute atomic E-state index is 12.8.